The summed E-state index contributed by atoms with van der Waals surface area (Å²) in [5, 5.41) is 43.8. The summed E-state index contributed by atoms with van der Waals surface area (Å²) in [4.78, 5) is -0.171. The minimum atomic E-state index is -1.56. The van der Waals surface area contributed by atoms with Crippen LogP contribution in [0.1, 0.15) is 0 Å². The van der Waals surface area contributed by atoms with E-state index in [0.717, 1.165) is 0 Å². The molecule has 0 spiro atoms. The van der Waals surface area contributed by atoms with Crippen molar-refractivity contribution in [1.82, 2.24) is 0 Å². The van der Waals surface area contributed by atoms with Gasteiger partial charge in [-0.25, -0.2) is 0 Å². The largest absolute Gasteiger partial charge is 0.394 e. The monoisotopic (exact) mass is 196 g/mol. The molecule has 0 saturated carbocycles. The van der Waals surface area contributed by atoms with Crippen molar-refractivity contribution in [2.75, 3.05) is 13.2 Å². The first-order chi connectivity index (χ1) is 5.54. The lowest BCUT2D eigenvalue weighted by Crippen LogP contribution is -2.44. The van der Waals surface area contributed by atoms with E-state index in [1.807, 2.05) is 0 Å². The summed E-state index contributed by atoms with van der Waals surface area (Å²) < 4.78 is 0. The Kier molecular flexibility index (Phi) is 5.47. The highest BCUT2D eigenvalue weighted by Gasteiger charge is 2.26. The smallest absolute Gasteiger partial charge is 0.116 e. The fraction of sp³-hybridized carbons (Fsp3) is 0.833. The molecule has 0 saturated heterocycles. The molecule has 12 heavy (non-hydrogen) atoms. The predicted octanol–water partition coefficient (Wildman–Crippen LogP) is -2.58. The van der Waals surface area contributed by atoms with Crippen LogP contribution in [0.3, 0.4) is 0 Å². The van der Waals surface area contributed by atoms with E-state index in [4.69, 9.17) is 25.5 Å². The summed E-state index contributed by atoms with van der Waals surface area (Å²) >= 11 is 4.47. The molecular formula is C6H12O5S. The minimum absolute atomic E-state index is 0.171. The molecule has 3 atom stereocenters. The molecule has 0 rings (SSSR count). The molecule has 0 aromatic rings. The zero-order valence-corrected chi connectivity index (χ0v) is 7.11. The van der Waals surface area contributed by atoms with Gasteiger partial charge >= 0.3 is 0 Å². The number of thiocarbonyl (C=S) groups is 1. The maximum absolute atomic E-state index is 9.07. The summed E-state index contributed by atoms with van der Waals surface area (Å²) in [7, 11) is 0. The van der Waals surface area contributed by atoms with E-state index in [-0.39, 0.29) is 4.86 Å². The van der Waals surface area contributed by atoms with Crippen molar-refractivity contribution in [2.24, 2.45) is 0 Å². The number of aliphatic hydroxyl groups is 5. The standard InChI is InChI=1S/C6H12O5S/c7-1-3(9)5(10)6(11)4(12)2-8/h3,5-11H,1-2H2. The SMILES string of the molecule is OCC(=S)C(O)C(O)C(O)CO. The van der Waals surface area contributed by atoms with Gasteiger partial charge in [-0.05, 0) is 0 Å². The van der Waals surface area contributed by atoms with Gasteiger partial charge in [-0.15, -0.1) is 0 Å². The fourth-order valence-electron chi connectivity index (χ4n) is 0.602. The van der Waals surface area contributed by atoms with Crippen LogP contribution < -0.4 is 0 Å². The van der Waals surface area contributed by atoms with Gasteiger partial charge in [-0.2, -0.15) is 0 Å². The van der Waals surface area contributed by atoms with Crippen molar-refractivity contribution in [2.45, 2.75) is 18.3 Å². The molecule has 0 aliphatic rings. The van der Waals surface area contributed by atoms with E-state index in [2.05, 4.69) is 12.2 Å². The van der Waals surface area contributed by atoms with Crippen LogP contribution >= 0.6 is 12.2 Å². The quantitative estimate of drug-likeness (QED) is 0.310. The highest BCUT2D eigenvalue weighted by molar-refractivity contribution is 7.80. The molecule has 3 unspecified atom stereocenters. The maximum atomic E-state index is 9.07. The molecule has 0 bridgehead atoms. The van der Waals surface area contributed by atoms with E-state index in [1.165, 1.54) is 0 Å². The maximum Gasteiger partial charge on any atom is 0.116 e. The molecule has 5 nitrogen and oxygen atoms in total. The van der Waals surface area contributed by atoms with E-state index in [1.54, 1.807) is 0 Å². The molecule has 0 fully saturated rings. The van der Waals surface area contributed by atoms with Gasteiger partial charge in [-0.1, -0.05) is 12.2 Å². The Hall–Kier alpha value is -0.110. The topological polar surface area (TPSA) is 101 Å². The van der Waals surface area contributed by atoms with Crippen molar-refractivity contribution < 1.29 is 25.5 Å². The number of hydrogen-bond donors (Lipinski definition) is 5. The summed E-state index contributed by atoms with van der Waals surface area (Å²) in [5.74, 6) is 0. The van der Waals surface area contributed by atoms with Crippen molar-refractivity contribution in [3.05, 3.63) is 0 Å². The van der Waals surface area contributed by atoms with Gasteiger partial charge in [0.1, 0.15) is 18.3 Å². The van der Waals surface area contributed by atoms with Crippen LogP contribution in [0.5, 0.6) is 0 Å². The molecule has 0 aromatic heterocycles. The average molecular weight is 196 g/mol. The van der Waals surface area contributed by atoms with Crippen LogP contribution in [0.4, 0.5) is 0 Å². The Morgan fingerprint density at radius 3 is 2.00 bits per heavy atom. The zero-order valence-electron chi connectivity index (χ0n) is 6.29. The van der Waals surface area contributed by atoms with Crippen LogP contribution in [-0.4, -0.2) is 61.9 Å². The van der Waals surface area contributed by atoms with Crippen LogP contribution in [0, 0.1) is 0 Å². The zero-order chi connectivity index (χ0) is 9.72. The molecular weight excluding hydrogens is 184 g/mol. The number of aliphatic hydroxyl groups excluding tert-OH is 5. The highest BCUT2D eigenvalue weighted by atomic mass is 32.1. The normalized spacial score (nSPS) is 18.4. The molecule has 0 radical (unpaired) electrons. The highest BCUT2D eigenvalue weighted by Crippen LogP contribution is 2.02. The summed E-state index contributed by atoms with van der Waals surface area (Å²) in [6.07, 6.45) is -4.51. The van der Waals surface area contributed by atoms with Crippen molar-refractivity contribution in [1.29, 1.82) is 0 Å². The third-order valence-corrected chi connectivity index (χ3v) is 1.76. The Labute approximate surface area is 74.9 Å². The third-order valence-electron chi connectivity index (χ3n) is 1.39. The van der Waals surface area contributed by atoms with E-state index >= 15 is 0 Å². The van der Waals surface area contributed by atoms with Crippen molar-refractivity contribution >= 4 is 17.1 Å². The fourth-order valence-corrected chi connectivity index (χ4v) is 0.742. The van der Waals surface area contributed by atoms with Gasteiger partial charge in [0.15, 0.2) is 0 Å². The van der Waals surface area contributed by atoms with Gasteiger partial charge in [0.2, 0.25) is 0 Å². The average Bonchev–Trinajstić information content (AvgIpc) is 2.12. The second-order valence-corrected chi connectivity index (χ2v) is 2.83. The molecule has 5 N–H and O–H groups in total. The molecule has 0 amide bonds. The van der Waals surface area contributed by atoms with Crippen LogP contribution in [0.2, 0.25) is 0 Å². The molecule has 0 aromatic carbocycles. The van der Waals surface area contributed by atoms with Gasteiger partial charge < -0.3 is 25.5 Å². The van der Waals surface area contributed by atoms with Crippen LogP contribution in [0.15, 0.2) is 0 Å². The Balaban J connectivity index is 4.08. The van der Waals surface area contributed by atoms with E-state index < -0.39 is 31.5 Å². The van der Waals surface area contributed by atoms with Gasteiger partial charge in [0, 0.05) is 4.86 Å². The Bertz CT molecular complexity index is 151. The first-order valence-corrected chi connectivity index (χ1v) is 3.74. The van der Waals surface area contributed by atoms with Crippen molar-refractivity contribution in [3.63, 3.8) is 0 Å². The van der Waals surface area contributed by atoms with Crippen LogP contribution in [-0.2, 0) is 0 Å². The molecule has 6 heteroatoms. The summed E-state index contributed by atoms with van der Waals surface area (Å²) in [6, 6.07) is 0. The number of rotatable bonds is 5. The lowest BCUT2D eigenvalue weighted by molar-refractivity contribution is -0.0557. The molecule has 72 valence electrons. The molecule has 0 aliphatic heterocycles. The van der Waals surface area contributed by atoms with Crippen molar-refractivity contribution in [3.8, 4) is 0 Å². The number of hydrogen-bond acceptors (Lipinski definition) is 6. The second-order valence-electron chi connectivity index (χ2n) is 2.31. The summed E-state index contributed by atoms with van der Waals surface area (Å²) in [6.45, 7) is -1.22. The summed E-state index contributed by atoms with van der Waals surface area (Å²) in [5.41, 5.74) is 0. The lowest BCUT2D eigenvalue weighted by atomic mass is 10.1. The Morgan fingerprint density at radius 1 is 1.17 bits per heavy atom. The minimum Gasteiger partial charge on any atom is -0.394 e. The van der Waals surface area contributed by atoms with E-state index in [9.17, 15) is 0 Å². The molecule has 0 aliphatic carbocycles. The first-order valence-electron chi connectivity index (χ1n) is 3.33. The van der Waals surface area contributed by atoms with Gasteiger partial charge in [-0.3, -0.25) is 0 Å². The van der Waals surface area contributed by atoms with Crippen LogP contribution in [0.25, 0.3) is 0 Å². The lowest BCUT2D eigenvalue weighted by Gasteiger charge is -2.21. The first kappa shape index (κ1) is 11.9. The predicted molar refractivity (Wildman–Crippen MR) is 44.8 cm³/mol. The third kappa shape index (κ3) is 3.10. The Morgan fingerprint density at radius 2 is 1.67 bits per heavy atom. The van der Waals surface area contributed by atoms with E-state index in [0.29, 0.717) is 0 Å². The van der Waals surface area contributed by atoms with Gasteiger partial charge in [0.05, 0.1) is 13.2 Å². The van der Waals surface area contributed by atoms with Gasteiger partial charge in [0.25, 0.3) is 0 Å². The second kappa shape index (κ2) is 5.52. The molecule has 0 heterocycles.